The molecule has 2 rings (SSSR count). The number of carboxylic acids is 1. The van der Waals surface area contributed by atoms with E-state index in [0.29, 0.717) is 17.1 Å². The van der Waals surface area contributed by atoms with Crippen LogP contribution in [-0.4, -0.2) is 16.2 Å². The maximum atomic E-state index is 10.8. The summed E-state index contributed by atoms with van der Waals surface area (Å²) in [4.78, 5) is 10.8. The van der Waals surface area contributed by atoms with E-state index in [-0.39, 0.29) is 19.0 Å². The number of hydrogen-bond donors (Lipinski definition) is 2. The van der Waals surface area contributed by atoms with Gasteiger partial charge in [-0.05, 0) is 30.7 Å². The highest BCUT2D eigenvalue weighted by atomic mass is 16.5. The van der Waals surface area contributed by atoms with Crippen LogP contribution in [0.25, 0.3) is 0 Å². The van der Waals surface area contributed by atoms with Gasteiger partial charge in [-0.25, -0.2) is 4.79 Å². The Morgan fingerprint density at radius 3 is 2.79 bits per heavy atom. The van der Waals surface area contributed by atoms with Gasteiger partial charge < -0.3 is 19.4 Å². The molecule has 0 atom stereocenters. The van der Waals surface area contributed by atoms with Gasteiger partial charge in [0, 0.05) is 5.56 Å². The Hall–Kier alpha value is -2.27. The number of aliphatic hydroxyl groups is 1. The fourth-order valence-electron chi connectivity index (χ4n) is 1.66. The smallest absolute Gasteiger partial charge is 0.371 e. The molecule has 0 unspecified atom stereocenters. The van der Waals surface area contributed by atoms with Crippen molar-refractivity contribution >= 4 is 5.97 Å². The predicted octanol–water partition coefficient (Wildman–Crippen LogP) is 2.36. The zero-order chi connectivity index (χ0) is 13.8. The fourth-order valence-corrected chi connectivity index (χ4v) is 1.66. The standard InChI is InChI=1S/C14H14O5/c1-9-11(6-13(19-9)14(16)17)8-18-12-4-2-3-10(5-12)7-15/h2-6,15H,7-8H2,1H3,(H,16,17). The number of aliphatic hydroxyl groups excluding tert-OH is 1. The van der Waals surface area contributed by atoms with Crippen LogP contribution in [0.2, 0.25) is 0 Å². The molecule has 0 radical (unpaired) electrons. The minimum Gasteiger partial charge on any atom is -0.489 e. The van der Waals surface area contributed by atoms with Crippen molar-refractivity contribution in [2.24, 2.45) is 0 Å². The van der Waals surface area contributed by atoms with Crippen molar-refractivity contribution in [2.75, 3.05) is 0 Å². The van der Waals surface area contributed by atoms with Crippen LogP contribution in [0.4, 0.5) is 0 Å². The van der Waals surface area contributed by atoms with Gasteiger partial charge in [-0.15, -0.1) is 0 Å². The Kier molecular flexibility index (Phi) is 3.87. The monoisotopic (exact) mass is 262 g/mol. The number of hydrogen-bond acceptors (Lipinski definition) is 4. The molecule has 0 aliphatic rings. The van der Waals surface area contributed by atoms with Crippen LogP contribution in [0.5, 0.6) is 5.75 Å². The van der Waals surface area contributed by atoms with E-state index in [1.54, 1.807) is 31.2 Å². The lowest BCUT2D eigenvalue weighted by Gasteiger charge is -2.06. The first-order valence-electron chi connectivity index (χ1n) is 5.75. The molecular weight excluding hydrogens is 248 g/mol. The van der Waals surface area contributed by atoms with Crippen molar-refractivity contribution in [3.05, 3.63) is 53.0 Å². The molecule has 5 heteroatoms. The molecule has 1 aromatic heterocycles. The molecule has 1 aromatic carbocycles. The van der Waals surface area contributed by atoms with Crippen molar-refractivity contribution in [3.8, 4) is 5.75 Å². The quantitative estimate of drug-likeness (QED) is 0.864. The number of ether oxygens (including phenoxy) is 1. The molecule has 0 saturated heterocycles. The second-order valence-corrected chi connectivity index (χ2v) is 4.09. The van der Waals surface area contributed by atoms with Gasteiger partial charge in [0.1, 0.15) is 18.1 Å². The third-order valence-corrected chi connectivity index (χ3v) is 2.71. The average Bonchev–Trinajstić information content (AvgIpc) is 2.78. The Morgan fingerprint density at radius 1 is 1.37 bits per heavy atom. The minimum atomic E-state index is -1.10. The topological polar surface area (TPSA) is 79.9 Å². The van der Waals surface area contributed by atoms with Gasteiger partial charge in [0.15, 0.2) is 0 Å². The molecular formula is C14H14O5. The summed E-state index contributed by atoms with van der Waals surface area (Å²) in [7, 11) is 0. The second kappa shape index (κ2) is 5.58. The number of aromatic carboxylic acids is 1. The molecule has 2 N–H and O–H groups in total. The van der Waals surface area contributed by atoms with Gasteiger partial charge in [-0.1, -0.05) is 12.1 Å². The number of benzene rings is 1. The zero-order valence-corrected chi connectivity index (χ0v) is 10.4. The number of aryl methyl sites for hydroxylation is 1. The molecule has 0 fully saturated rings. The van der Waals surface area contributed by atoms with Gasteiger partial charge in [0.05, 0.1) is 6.61 Å². The van der Waals surface area contributed by atoms with Crippen molar-refractivity contribution < 1.29 is 24.2 Å². The lowest BCUT2D eigenvalue weighted by Crippen LogP contribution is -1.96. The SMILES string of the molecule is Cc1oc(C(=O)O)cc1COc1cccc(CO)c1. The summed E-state index contributed by atoms with van der Waals surface area (Å²) < 4.78 is 10.6. The molecule has 1 heterocycles. The van der Waals surface area contributed by atoms with Gasteiger partial charge in [-0.3, -0.25) is 0 Å². The van der Waals surface area contributed by atoms with Crippen LogP contribution in [0, 0.1) is 6.92 Å². The molecule has 2 aromatic rings. The highest BCUT2D eigenvalue weighted by molar-refractivity contribution is 5.84. The van der Waals surface area contributed by atoms with Crippen LogP contribution in [0.1, 0.15) is 27.4 Å². The van der Waals surface area contributed by atoms with E-state index in [4.69, 9.17) is 19.4 Å². The maximum absolute atomic E-state index is 10.8. The summed E-state index contributed by atoms with van der Waals surface area (Å²) in [6.45, 7) is 1.86. The van der Waals surface area contributed by atoms with Crippen LogP contribution < -0.4 is 4.74 Å². The Balaban J connectivity index is 2.07. The molecule has 0 aliphatic carbocycles. The third kappa shape index (κ3) is 3.14. The highest BCUT2D eigenvalue weighted by Gasteiger charge is 2.13. The summed E-state index contributed by atoms with van der Waals surface area (Å²) in [6.07, 6.45) is 0. The van der Waals surface area contributed by atoms with Crippen molar-refractivity contribution in [1.29, 1.82) is 0 Å². The predicted molar refractivity (Wildman–Crippen MR) is 67.1 cm³/mol. The Morgan fingerprint density at radius 2 is 2.16 bits per heavy atom. The number of carbonyl (C=O) groups is 1. The number of rotatable bonds is 5. The van der Waals surface area contributed by atoms with E-state index < -0.39 is 5.97 Å². The van der Waals surface area contributed by atoms with Crippen molar-refractivity contribution in [2.45, 2.75) is 20.1 Å². The number of carboxylic acid groups (broad SMARTS) is 1. The lowest BCUT2D eigenvalue weighted by molar-refractivity contribution is 0.0661. The van der Waals surface area contributed by atoms with Crippen molar-refractivity contribution in [1.82, 2.24) is 0 Å². The summed E-state index contributed by atoms with van der Waals surface area (Å²) in [5.74, 6) is -0.0587. The first kappa shape index (κ1) is 13.2. The van der Waals surface area contributed by atoms with E-state index in [1.807, 2.05) is 0 Å². The first-order valence-corrected chi connectivity index (χ1v) is 5.75. The first-order chi connectivity index (χ1) is 9.10. The molecule has 0 amide bonds. The molecule has 5 nitrogen and oxygen atoms in total. The summed E-state index contributed by atoms with van der Waals surface area (Å²) in [5, 5.41) is 17.8. The van der Waals surface area contributed by atoms with Gasteiger partial charge in [0.2, 0.25) is 5.76 Å². The van der Waals surface area contributed by atoms with E-state index in [2.05, 4.69) is 0 Å². The molecule has 0 saturated carbocycles. The zero-order valence-electron chi connectivity index (χ0n) is 10.4. The fraction of sp³-hybridized carbons (Fsp3) is 0.214. The molecule has 0 bridgehead atoms. The van der Waals surface area contributed by atoms with Crippen LogP contribution in [0.15, 0.2) is 34.7 Å². The van der Waals surface area contributed by atoms with Gasteiger partial charge in [0.25, 0.3) is 0 Å². The van der Waals surface area contributed by atoms with Crippen LogP contribution >= 0.6 is 0 Å². The third-order valence-electron chi connectivity index (χ3n) is 2.71. The van der Waals surface area contributed by atoms with E-state index in [1.165, 1.54) is 6.07 Å². The van der Waals surface area contributed by atoms with Gasteiger partial charge in [-0.2, -0.15) is 0 Å². The lowest BCUT2D eigenvalue weighted by atomic mass is 10.2. The Labute approximate surface area is 110 Å². The van der Waals surface area contributed by atoms with Crippen LogP contribution in [0.3, 0.4) is 0 Å². The van der Waals surface area contributed by atoms with E-state index in [0.717, 1.165) is 5.56 Å². The number of furan rings is 1. The normalized spacial score (nSPS) is 10.4. The molecule has 0 spiro atoms. The van der Waals surface area contributed by atoms with E-state index >= 15 is 0 Å². The molecule has 0 aliphatic heterocycles. The van der Waals surface area contributed by atoms with Crippen molar-refractivity contribution in [3.63, 3.8) is 0 Å². The Bertz CT molecular complexity index is 585. The van der Waals surface area contributed by atoms with Gasteiger partial charge >= 0.3 is 5.97 Å². The average molecular weight is 262 g/mol. The second-order valence-electron chi connectivity index (χ2n) is 4.09. The summed E-state index contributed by atoms with van der Waals surface area (Å²) in [5.41, 5.74) is 1.44. The minimum absolute atomic E-state index is 0.0505. The molecule has 19 heavy (non-hydrogen) atoms. The van der Waals surface area contributed by atoms with Crippen LogP contribution in [-0.2, 0) is 13.2 Å². The summed E-state index contributed by atoms with van der Waals surface area (Å²) in [6, 6.07) is 8.53. The van der Waals surface area contributed by atoms with E-state index in [9.17, 15) is 4.79 Å². The largest absolute Gasteiger partial charge is 0.489 e. The highest BCUT2D eigenvalue weighted by Crippen LogP contribution is 2.19. The maximum Gasteiger partial charge on any atom is 0.371 e. The summed E-state index contributed by atoms with van der Waals surface area (Å²) >= 11 is 0. The molecule has 100 valence electrons.